The summed E-state index contributed by atoms with van der Waals surface area (Å²) in [4.78, 5) is 23.7. The second kappa shape index (κ2) is 7.99. The number of carbonyl (C=O) groups is 2. The van der Waals surface area contributed by atoms with Crippen LogP contribution in [0.15, 0.2) is 42.5 Å². The number of aryl methyl sites for hydroxylation is 1. The van der Waals surface area contributed by atoms with Crippen LogP contribution in [0.2, 0.25) is 10.0 Å². The normalized spacial score (nSPS) is 10.2. The summed E-state index contributed by atoms with van der Waals surface area (Å²) >= 11 is 11.8. The third-order valence-corrected chi connectivity index (χ3v) is 3.70. The minimum absolute atomic E-state index is 0.131. The predicted octanol–water partition coefficient (Wildman–Crippen LogP) is 3.60. The zero-order chi connectivity index (χ0) is 16.8. The smallest absolute Gasteiger partial charge is 0.243 e. The van der Waals surface area contributed by atoms with Gasteiger partial charge in [0.05, 0.1) is 23.7 Å². The second-order valence-electron chi connectivity index (χ2n) is 5.11. The van der Waals surface area contributed by atoms with Crippen LogP contribution in [0.5, 0.6) is 0 Å². The molecule has 0 aromatic heterocycles. The standard InChI is InChI=1S/C17H16Cl2N2O2/c1-11-2-4-12(5-3-11)8-16(22)20-10-17(23)21-15-9-13(18)6-7-14(15)19/h2-7,9H,8,10H2,1H3,(H,20,22)(H,21,23). The third-order valence-electron chi connectivity index (χ3n) is 3.13. The van der Waals surface area contributed by atoms with Gasteiger partial charge in [-0.1, -0.05) is 53.0 Å². The van der Waals surface area contributed by atoms with Crippen LogP contribution in [0.25, 0.3) is 0 Å². The fourth-order valence-corrected chi connectivity index (χ4v) is 2.26. The molecule has 0 aliphatic rings. The molecule has 0 saturated carbocycles. The van der Waals surface area contributed by atoms with E-state index in [-0.39, 0.29) is 24.8 Å². The first-order valence-corrected chi connectivity index (χ1v) is 7.77. The molecule has 0 atom stereocenters. The quantitative estimate of drug-likeness (QED) is 0.865. The summed E-state index contributed by atoms with van der Waals surface area (Å²) in [5.74, 6) is -0.590. The summed E-state index contributed by atoms with van der Waals surface area (Å²) in [6, 6.07) is 12.4. The Labute approximate surface area is 144 Å². The fraction of sp³-hybridized carbons (Fsp3) is 0.176. The van der Waals surface area contributed by atoms with Crippen molar-refractivity contribution in [3.8, 4) is 0 Å². The summed E-state index contributed by atoms with van der Waals surface area (Å²) in [6.07, 6.45) is 0.228. The molecule has 4 nitrogen and oxygen atoms in total. The van der Waals surface area contributed by atoms with Crippen LogP contribution in [-0.4, -0.2) is 18.4 Å². The highest BCUT2D eigenvalue weighted by Gasteiger charge is 2.09. The van der Waals surface area contributed by atoms with Crippen LogP contribution >= 0.6 is 23.2 Å². The molecule has 2 aromatic rings. The third kappa shape index (κ3) is 5.58. The highest BCUT2D eigenvalue weighted by molar-refractivity contribution is 6.35. The number of rotatable bonds is 5. The Kier molecular flexibility index (Phi) is 6.02. The van der Waals surface area contributed by atoms with Gasteiger partial charge in [0, 0.05) is 5.02 Å². The average Bonchev–Trinajstić information content (AvgIpc) is 2.51. The molecule has 2 aromatic carbocycles. The van der Waals surface area contributed by atoms with Gasteiger partial charge in [0.2, 0.25) is 11.8 Å². The molecule has 0 saturated heterocycles. The van der Waals surface area contributed by atoms with E-state index in [1.165, 1.54) is 0 Å². The zero-order valence-corrected chi connectivity index (χ0v) is 14.0. The maximum atomic E-state index is 11.8. The Hall–Kier alpha value is -2.04. The molecule has 0 aliphatic heterocycles. The molecule has 120 valence electrons. The molecule has 23 heavy (non-hydrogen) atoms. The lowest BCUT2D eigenvalue weighted by molar-refractivity contribution is -0.123. The number of hydrogen-bond acceptors (Lipinski definition) is 2. The second-order valence-corrected chi connectivity index (χ2v) is 5.96. The van der Waals surface area contributed by atoms with Gasteiger partial charge >= 0.3 is 0 Å². The van der Waals surface area contributed by atoms with E-state index in [1.54, 1.807) is 18.2 Å². The molecular formula is C17H16Cl2N2O2. The van der Waals surface area contributed by atoms with Gasteiger partial charge in [0.1, 0.15) is 0 Å². The number of nitrogens with one attached hydrogen (secondary N) is 2. The SMILES string of the molecule is Cc1ccc(CC(=O)NCC(=O)Nc2cc(Cl)ccc2Cl)cc1. The maximum Gasteiger partial charge on any atom is 0.243 e. The van der Waals surface area contributed by atoms with Crippen molar-refractivity contribution in [2.24, 2.45) is 0 Å². The number of hydrogen-bond donors (Lipinski definition) is 2. The fourth-order valence-electron chi connectivity index (χ4n) is 1.92. The lowest BCUT2D eigenvalue weighted by atomic mass is 10.1. The summed E-state index contributed by atoms with van der Waals surface area (Å²) in [7, 11) is 0. The van der Waals surface area contributed by atoms with Crippen LogP contribution in [-0.2, 0) is 16.0 Å². The minimum atomic E-state index is -0.369. The molecule has 0 unspecified atom stereocenters. The molecule has 0 fully saturated rings. The monoisotopic (exact) mass is 350 g/mol. The first-order chi connectivity index (χ1) is 10.9. The van der Waals surface area contributed by atoms with Gasteiger partial charge in [-0.05, 0) is 30.7 Å². The van der Waals surface area contributed by atoms with Crippen molar-refractivity contribution in [1.29, 1.82) is 0 Å². The first kappa shape index (κ1) is 17.3. The van der Waals surface area contributed by atoms with Gasteiger partial charge in [-0.3, -0.25) is 9.59 Å². The summed E-state index contributed by atoms with van der Waals surface area (Å²) < 4.78 is 0. The average molecular weight is 351 g/mol. The molecule has 0 spiro atoms. The molecule has 2 rings (SSSR count). The molecule has 0 bridgehead atoms. The van der Waals surface area contributed by atoms with Crippen molar-refractivity contribution in [2.75, 3.05) is 11.9 Å². The Morgan fingerprint density at radius 2 is 1.70 bits per heavy atom. The zero-order valence-electron chi connectivity index (χ0n) is 12.5. The molecule has 0 radical (unpaired) electrons. The van der Waals surface area contributed by atoms with Crippen molar-refractivity contribution >= 4 is 40.7 Å². The van der Waals surface area contributed by atoms with Crippen molar-refractivity contribution in [3.05, 3.63) is 63.6 Å². The first-order valence-electron chi connectivity index (χ1n) is 7.01. The Balaban J connectivity index is 1.83. The lowest BCUT2D eigenvalue weighted by Crippen LogP contribution is -2.33. The van der Waals surface area contributed by atoms with Crippen LogP contribution in [0.3, 0.4) is 0 Å². The molecular weight excluding hydrogens is 335 g/mol. The van der Waals surface area contributed by atoms with Crippen molar-refractivity contribution < 1.29 is 9.59 Å². The Morgan fingerprint density at radius 3 is 2.39 bits per heavy atom. The molecule has 2 amide bonds. The predicted molar refractivity (Wildman–Crippen MR) is 93.0 cm³/mol. The number of carbonyl (C=O) groups excluding carboxylic acids is 2. The Bertz CT molecular complexity index is 715. The molecule has 2 N–H and O–H groups in total. The van der Waals surface area contributed by atoms with E-state index in [4.69, 9.17) is 23.2 Å². The van der Waals surface area contributed by atoms with E-state index in [2.05, 4.69) is 10.6 Å². The lowest BCUT2D eigenvalue weighted by Gasteiger charge is -2.09. The van der Waals surface area contributed by atoms with E-state index in [0.29, 0.717) is 15.7 Å². The molecule has 6 heteroatoms. The van der Waals surface area contributed by atoms with Gasteiger partial charge < -0.3 is 10.6 Å². The van der Waals surface area contributed by atoms with E-state index >= 15 is 0 Å². The number of halogens is 2. The van der Waals surface area contributed by atoms with Crippen molar-refractivity contribution in [2.45, 2.75) is 13.3 Å². The minimum Gasteiger partial charge on any atom is -0.347 e. The van der Waals surface area contributed by atoms with E-state index in [1.807, 2.05) is 31.2 Å². The van der Waals surface area contributed by atoms with Gasteiger partial charge in [-0.25, -0.2) is 0 Å². The maximum absolute atomic E-state index is 11.8. The largest absolute Gasteiger partial charge is 0.347 e. The number of amides is 2. The van der Waals surface area contributed by atoms with Crippen LogP contribution in [0.1, 0.15) is 11.1 Å². The van der Waals surface area contributed by atoms with Gasteiger partial charge in [-0.15, -0.1) is 0 Å². The topological polar surface area (TPSA) is 58.2 Å². The van der Waals surface area contributed by atoms with Gasteiger partial charge in [0.25, 0.3) is 0 Å². The molecule has 0 heterocycles. The number of benzene rings is 2. The summed E-state index contributed by atoms with van der Waals surface area (Å²) in [5, 5.41) is 6.03. The van der Waals surface area contributed by atoms with E-state index < -0.39 is 0 Å². The van der Waals surface area contributed by atoms with Crippen molar-refractivity contribution in [1.82, 2.24) is 5.32 Å². The van der Waals surface area contributed by atoms with Gasteiger partial charge in [-0.2, -0.15) is 0 Å². The van der Waals surface area contributed by atoms with Crippen LogP contribution in [0.4, 0.5) is 5.69 Å². The van der Waals surface area contributed by atoms with Crippen LogP contribution < -0.4 is 10.6 Å². The highest BCUT2D eigenvalue weighted by atomic mass is 35.5. The molecule has 0 aliphatic carbocycles. The van der Waals surface area contributed by atoms with Gasteiger partial charge in [0.15, 0.2) is 0 Å². The number of anilines is 1. The highest BCUT2D eigenvalue weighted by Crippen LogP contribution is 2.25. The van der Waals surface area contributed by atoms with Crippen molar-refractivity contribution in [3.63, 3.8) is 0 Å². The van der Waals surface area contributed by atoms with E-state index in [0.717, 1.165) is 11.1 Å². The van der Waals surface area contributed by atoms with E-state index in [9.17, 15) is 9.59 Å². The Morgan fingerprint density at radius 1 is 1.00 bits per heavy atom. The van der Waals surface area contributed by atoms with Crippen LogP contribution in [0, 0.1) is 6.92 Å². The summed E-state index contributed by atoms with van der Waals surface area (Å²) in [5.41, 5.74) is 2.44. The summed E-state index contributed by atoms with van der Waals surface area (Å²) in [6.45, 7) is 1.85.